The minimum Gasteiger partial charge on any atom is -0.492 e. The van der Waals surface area contributed by atoms with E-state index in [-0.39, 0.29) is 0 Å². The molecule has 4 nitrogen and oxygen atoms in total. The molecule has 0 atom stereocenters. The number of ether oxygens (including phenoxy) is 2. The van der Waals surface area contributed by atoms with Crippen molar-refractivity contribution in [2.24, 2.45) is 0 Å². The van der Waals surface area contributed by atoms with Crippen LogP contribution in [0.25, 0.3) is 0 Å². The van der Waals surface area contributed by atoms with Crippen molar-refractivity contribution >= 4 is 17.7 Å². The highest BCUT2D eigenvalue weighted by atomic mass is 35.5. The molecule has 0 unspecified atom stereocenters. The van der Waals surface area contributed by atoms with Gasteiger partial charge >= 0.3 is 6.09 Å². The lowest BCUT2D eigenvalue weighted by atomic mass is 10.1. The van der Waals surface area contributed by atoms with E-state index in [1.807, 2.05) is 25.1 Å². The van der Waals surface area contributed by atoms with Crippen molar-refractivity contribution in [1.82, 2.24) is 5.32 Å². The minimum absolute atomic E-state index is 0.376. The Balaban J connectivity index is 2.43. The van der Waals surface area contributed by atoms with Crippen LogP contribution in [0.2, 0.25) is 5.02 Å². The first-order valence-corrected chi connectivity index (χ1v) is 6.37. The summed E-state index contributed by atoms with van der Waals surface area (Å²) in [5.41, 5.74) is 1.04. The third-order valence-electron chi connectivity index (χ3n) is 2.25. The van der Waals surface area contributed by atoms with Crippen molar-refractivity contribution in [3.63, 3.8) is 0 Å². The molecule has 0 aliphatic rings. The van der Waals surface area contributed by atoms with Gasteiger partial charge in [-0.3, -0.25) is 0 Å². The zero-order chi connectivity index (χ0) is 13.4. The lowest BCUT2D eigenvalue weighted by molar-refractivity contribution is 0.152. The highest BCUT2D eigenvalue weighted by molar-refractivity contribution is 6.32. The Morgan fingerprint density at radius 3 is 2.72 bits per heavy atom. The van der Waals surface area contributed by atoms with E-state index >= 15 is 0 Å². The van der Waals surface area contributed by atoms with E-state index in [4.69, 9.17) is 21.1 Å². The second kappa shape index (κ2) is 7.82. The molecule has 5 heteroatoms. The van der Waals surface area contributed by atoms with E-state index < -0.39 is 6.09 Å². The van der Waals surface area contributed by atoms with E-state index in [0.717, 1.165) is 5.56 Å². The summed E-state index contributed by atoms with van der Waals surface area (Å²) in [5.74, 6) is 0.682. The number of hydrogen-bond donors (Lipinski definition) is 1. The van der Waals surface area contributed by atoms with Gasteiger partial charge in [-0.15, -0.1) is 0 Å². The fraction of sp³-hybridized carbons (Fsp3) is 0.462. The van der Waals surface area contributed by atoms with Crippen LogP contribution in [0.3, 0.4) is 0 Å². The Hall–Kier alpha value is -1.42. The maximum Gasteiger partial charge on any atom is 0.407 e. The highest BCUT2D eigenvalue weighted by Gasteiger charge is 2.04. The fourth-order valence-corrected chi connectivity index (χ4v) is 1.72. The zero-order valence-electron chi connectivity index (χ0n) is 10.7. The second-order valence-corrected chi connectivity index (χ2v) is 4.00. The van der Waals surface area contributed by atoms with Gasteiger partial charge < -0.3 is 14.8 Å². The number of rotatable bonds is 6. The minimum atomic E-state index is -0.394. The Kier molecular flexibility index (Phi) is 6.36. The highest BCUT2D eigenvalue weighted by Crippen LogP contribution is 2.25. The maximum absolute atomic E-state index is 11.1. The van der Waals surface area contributed by atoms with Gasteiger partial charge in [0.15, 0.2) is 0 Å². The van der Waals surface area contributed by atoms with Crippen LogP contribution < -0.4 is 10.1 Å². The smallest absolute Gasteiger partial charge is 0.407 e. The topological polar surface area (TPSA) is 47.6 Å². The van der Waals surface area contributed by atoms with Gasteiger partial charge in [0.05, 0.1) is 18.2 Å². The Labute approximate surface area is 112 Å². The molecule has 1 N–H and O–H groups in total. The first-order chi connectivity index (χ1) is 8.67. The van der Waals surface area contributed by atoms with Gasteiger partial charge in [-0.25, -0.2) is 4.79 Å². The maximum atomic E-state index is 11.1. The van der Waals surface area contributed by atoms with Crippen LogP contribution in [0.1, 0.15) is 19.4 Å². The molecule has 0 bridgehead atoms. The third kappa shape index (κ3) is 4.84. The average molecular weight is 272 g/mol. The number of benzene rings is 1. The first kappa shape index (κ1) is 14.6. The Morgan fingerprint density at radius 1 is 1.33 bits per heavy atom. The van der Waals surface area contributed by atoms with Crippen molar-refractivity contribution in [2.75, 3.05) is 19.8 Å². The number of amides is 1. The normalized spacial score (nSPS) is 9.94. The molecule has 0 heterocycles. The summed E-state index contributed by atoms with van der Waals surface area (Å²) in [6.07, 6.45) is 0.305. The summed E-state index contributed by atoms with van der Waals surface area (Å²) in [4.78, 5) is 11.1. The molecular weight excluding hydrogens is 254 g/mol. The lowest BCUT2D eigenvalue weighted by Crippen LogP contribution is -2.26. The number of hydrogen-bond acceptors (Lipinski definition) is 3. The molecule has 0 radical (unpaired) electrons. The van der Waals surface area contributed by atoms with Crippen LogP contribution in [-0.2, 0) is 11.2 Å². The van der Waals surface area contributed by atoms with E-state index in [9.17, 15) is 4.79 Å². The molecule has 1 rings (SSSR count). The van der Waals surface area contributed by atoms with Gasteiger partial charge in [0.25, 0.3) is 0 Å². The number of halogens is 1. The van der Waals surface area contributed by atoms with Crippen LogP contribution in [0, 0.1) is 0 Å². The van der Waals surface area contributed by atoms with Crippen molar-refractivity contribution in [3.8, 4) is 5.75 Å². The van der Waals surface area contributed by atoms with Crippen molar-refractivity contribution in [2.45, 2.75) is 20.3 Å². The molecule has 1 aromatic rings. The van der Waals surface area contributed by atoms with Gasteiger partial charge in [-0.05, 0) is 38.0 Å². The summed E-state index contributed by atoms with van der Waals surface area (Å²) in [6.45, 7) is 5.16. The van der Waals surface area contributed by atoms with Gasteiger partial charge in [0.1, 0.15) is 5.75 Å². The average Bonchev–Trinajstić information content (AvgIpc) is 2.33. The Morgan fingerprint density at radius 2 is 2.11 bits per heavy atom. The fourth-order valence-electron chi connectivity index (χ4n) is 1.46. The predicted octanol–water partition coefficient (Wildman–Crippen LogP) is 3.03. The SMILES string of the molecule is CCOC(=O)NCCc1ccc(OCC)c(Cl)c1. The summed E-state index contributed by atoms with van der Waals surface area (Å²) in [6, 6.07) is 5.62. The monoisotopic (exact) mass is 271 g/mol. The van der Waals surface area contributed by atoms with E-state index in [2.05, 4.69) is 5.32 Å². The molecule has 0 aromatic heterocycles. The summed E-state index contributed by atoms with van der Waals surface area (Å²) in [7, 11) is 0. The molecule has 0 saturated heterocycles. The van der Waals surface area contributed by atoms with Crippen molar-refractivity contribution < 1.29 is 14.3 Å². The molecule has 0 spiro atoms. The molecule has 100 valence electrons. The summed E-state index contributed by atoms with van der Waals surface area (Å²) >= 11 is 6.06. The number of carbonyl (C=O) groups excluding carboxylic acids is 1. The first-order valence-electron chi connectivity index (χ1n) is 5.99. The summed E-state index contributed by atoms with van der Waals surface area (Å²) in [5, 5.41) is 3.24. The van der Waals surface area contributed by atoms with Gasteiger partial charge in [0, 0.05) is 6.54 Å². The molecule has 0 fully saturated rings. The molecule has 0 saturated carbocycles. The number of nitrogens with one attached hydrogen (secondary N) is 1. The van der Waals surface area contributed by atoms with Crippen LogP contribution in [-0.4, -0.2) is 25.9 Å². The van der Waals surface area contributed by atoms with Gasteiger partial charge in [-0.1, -0.05) is 17.7 Å². The van der Waals surface area contributed by atoms with E-state index in [1.54, 1.807) is 6.92 Å². The number of alkyl carbamates (subject to hydrolysis) is 1. The van der Waals surface area contributed by atoms with Gasteiger partial charge in [-0.2, -0.15) is 0 Å². The second-order valence-electron chi connectivity index (χ2n) is 3.60. The number of carbonyl (C=O) groups is 1. The van der Waals surface area contributed by atoms with Crippen LogP contribution in [0.15, 0.2) is 18.2 Å². The predicted molar refractivity (Wildman–Crippen MR) is 71.3 cm³/mol. The van der Waals surface area contributed by atoms with Crippen LogP contribution in [0.4, 0.5) is 4.79 Å². The van der Waals surface area contributed by atoms with Crippen molar-refractivity contribution in [3.05, 3.63) is 28.8 Å². The third-order valence-corrected chi connectivity index (χ3v) is 2.55. The molecule has 1 aromatic carbocycles. The van der Waals surface area contributed by atoms with E-state index in [0.29, 0.717) is 37.0 Å². The van der Waals surface area contributed by atoms with Gasteiger partial charge in [0.2, 0.25) is 0 Å². The molecule has 0 aliphatic carbocycles. The zero-order valence-corrected chi connectivity index (χ0v) is 11.4. The lowest BCUT2D eigenvalue weighted by Gasteiger charge is -2.08. The summed E-state index contributed by atoms with van der Waals surface area (Å²) < 4.78 is 10.1. The van der Waals surface area contributed by atoms with Crippen molar-refractivity contribution in [1.29, 1.82) is 0 Å². The van der Waals surface area contributed by atoms with Crippen LogP contribution >= 0.6 is 11.6 Å². The quantitative estimate of drug-likeness (QED) is 0.865. The largest absolute Gasteiger partial charge is 0.492 e. The molecule has 18 heavy (non-hydrogen) atoms. The molecule has 1 amide bonds. The molecular formula is C13H18ClNO3. The molecule has 0 aliphatic heterocycles. The van der Waals surface area contributed by atoms with E-state index in [1.165, 1.54) is 0 Å². The standard InChI is InChI=1S/C13H18ClNO3/c1-3-17-12-6-5-10(9-11(12)14)7-8-15-13(16)18-4-2/h5-6,9H,3-4,7-8H2,1-2H3,(H,15,16). The Bertz CT molecular complexity index is 396. The van der Waals surface area contributed by atoms with Crippen LogP contribution in [0.5, 0.6) is 5.75 Å².